The van der Waals surface area contributed by atoms with Gasteiger partial charge in [-0.15, -0.1) is 0 Å². The third kappa shape index (κ3) is 2.83. The van der Waals surface area contributed by atoms with E-state index in [1.165, 1.54) is 5.56 Å². The zero-order valence-electron chi connectivity index (χ0n) is 10.2. The van der Waals surface area contributed by atoms with E-state index in [1.807, 2.05) is 0 Å². The molecule has 0 saturated carbocycles. The number of likely N-dealkylation sites (N-methyl/N-ethyl adjacent to an activating group) is 1. The molecule has 1 aliphatic heterocycles. The molecular formula is C14H21NO. The third-order valence-electron chi connectivity index (χ3n) is 3.36. The fourth-order valence-electron chi connectivity index (χ4n) is 2.32. The Labute approximate surface area is 98.2 Å². The lowest BCUT2D eigenvalue weighted by molar-refractivity contribution is 0.175. The number of rotatable bonds is 6. The average molecular weight is 219 g/mol. The Hall–Kier alpha value is -0.860. The number of hydrogen-bond acceptors (Lipinski definition) is 2. The van der Waals surface area contributed by atoms with Gasteiger partial charge in [0.05, 0.1) is 12.7 Å². The lowest BCUT2D eigenvalue weighted by Gasteiger charge is -2.28. The van der Waals surface area contributed by atoms with Crippen molar-refractivity contribution in [1.29, 1.82) is 0 Å². The number of epoxide rings is 1. The van der Waals surface area contributed by atoms with Gasteiger partial charge in [-0.25, -0.2) is 0 Å². The normalized spacial score (nSPS) is 21.1. The molecule has 0 amide bonds. The molecule has 2 nitrogen and oxygen atoms in total. The SMILES string of the molecule is CCN(CC)C(Cc1ccccc1)C1CO1. The van der Waals surface area contributed by atoms with E-state index in [9.17, 15) is 0 Å². The Kier molecular flexibility index (Phi) is 3.97. The van der Waals surface area contributed by atoms with Crippen molar-refractivity contribution < 1.29 is 4.74 Å². The van der Waals surface area contributed by atoms with E-state index >= 15 is 0 Å². The highest BCUT2D eigenvalue weighted by atomic mass is 16.6. The fraction of sp³-hybridized carbons (Fsp3) is 0.571. The van der Waals surface area contributed by atoms with Gasteiger partial charge in [0.1, 0.15) is 0 Å². The first-order valence-corrected chi connectivity index (χ1v) is 6.24. The van der Waals surface area contributed by atoms with Crippen molar-refractivity contribution in [3.05, 3.63) is 35.9 Å². The Bertz CT molecular complexity index is 304. The molecule has 0 aromatic heterocycles. The summed E-state index contributed by atoms with van der Waals surface area (Å²) in [4.78, 5) is 2.50. The lowest BCUT2D eigenvalue weighted by Crippen LogP contribution is -2.40. The van der Waals surface area contributed by atoms with Crippen molar-refractivity contribution in [3.8, 4) is 0 Å². The molecule has 1 heterocycles. The number of nitrogens with zero attached hydrogens (tertiary/aromatic N) is 1. The van der Waals surface area contributed by atoms with Crippen molar-refractivity contribution >= 4 is 0 Å². The zero-order chi connectivity index (χ0) is 11.4. The first-order chi connectivity index (χ1) is 7.85. The topological polar surface area (TPSA) is 15.8 Å². The van der Waals surface area contributed by atoms with Crippen LogP contribution in [0.25, 0.3) is 0 Å². The standard InChI is InChI=1S/C14H21NO/c1-3-15(4-2)13(14-11-16-14)10-12-8-6-5-7-9-12/h5-9,13-14H,3-4,10-11H2,1-2H3. The van der Waals surface area contributed by atoms with Crippen LogP contribution in [0.3, 0.4) is 0 Å². The first kappa shape index (κ1) is 11.6. The van der Waals surface area contributed by atoms with E-state index in [0.29, 0.717) is 12.1 Å². The molecule has 2 atom stereocenters. The summed E-state index contributed by atoms with van der Waals surface area (Å²) in [6, 6.07) is 11.3. The second kappa shape index (κ2) is 5.46. The minimum absolute atomic E-state index is 0.458. The summed E-state index contributed by atoms with van der Waals surface area (Å²) in [5, 5.41) is 0. The molecule has 2 unspecified atom stereocenters. The van der Waals surface area contributed by atoms with Crippen LogP contribution in [0.2, 0.25) is 0 Å². The molecule has 1 aliphatic rings. The van der Waals surface area contributed by atoms with Crippen molar-refractivity contribution in [3.63, 3.8) is 0 Å². The van der Waals surface area contributed by atoms with Crippen LogP contribution in [0.1, 0.15) is 19.4 Å². The van der Waals surface area contributed by atoms with E-state index in [-0.39, 0.29) is 0 Å². The molecule has 88 valence electrons. The highest BCUT2D eigenvalue weighted by Gasteiger charge is 2.35. The summed E-state index contributed by atoms with van der Waals surface area (Å²) < 4.78 is 5.49. The Morgan fingerprint density at radius 2 is 1.88 bits per heavy atom. The minimum Gasteiger partial charge on any atom is -0.371 e. The van der Waals surface area contributed by atoms with Crippen molar-refractivity contribution in [1.82, 2.24) is 4.90 Å². The Morgan fingerprint density at radius 1 is 1.25 bits per heavy atom. The predicted octanol–water partition coefficient (Wildman–Crippen LogP) is 2.34. The van der Waals surface area contributed by atoms with Crippen LogP contribution in [0.4, 0.5) is 0 Å². The van der Waals surface area contributed by atoms with E-state index in [1.54, 1.807) is 0 Å². The molecule has 1 saturated heterocycles. The summed E-state index contributed by atoms with van der Waals surface area (Å²) in [5.74, 6) is 0. The van der Waals surface area contributed by atoms with E-state index in [0.717, 1.165) is 26.1 Å². The molecular weight excluding hydrogens is 198 g/mol. The molecule has 1 fully saturated rings. The summed E-state index contributed by atoms with van der Waals surface area (Å²) in [6.45, 7) is 7.60. The van der Waals surface area contributed by atoms with Gasteiger partial charge in [-0.2, -0.15) is 0 Å². The third-order valence-corrected chi connectivity index (χ3v) is 3.36. The van der Waals surface area contributed by atoms with Crippen LogP contribution >= 0.6 is 0 Å². The van der Waals surface area contributed by atoms with Gasteiger partial charge < -0.3 is 4.74 Å². The maximum atomic E-state index is 5.49. The van der Waals surface area contributed by atoms with Crippen molar-refractivity contribution in [2.24, 2.45) is 0 Å². The van der Waals surface area contributed by atoms with Crippen LogP contribution in [0, 0.1) is 0 Å². The van der Waals surface area contributed by atoms with Crippen LogP contribution in [-0.2, 0) is 11.2 Å². The van der Waals surface area contributed by atoms with Crippen LogP contribution in [0.15, 0.2) is 30.3 Å². The molecule has 16 heavy (non-hydrogen) atoms. The second-order valence-electron chi connectivity index (χ2n) is 4.35. The summed E-state index contributed by atoms with van der Waals surface area (Å²) in [5.41, 5.74) is 1.41. The maximum Gasteiger partial charge on any atom is 0.0967 e. The van der Waals surface area contributed by atoms with Crippen LogP contribution in [0.5, 0.6) is 0 Å². The van der Waals surface area contributed by atoms with E-state index in [2.05, 4.69) is 49.1 Å². The molecule has 1 aromatic carbocycles. The Morgan fingerprint density at radius 3 is 2.38 bits per heavy atom. The van der Waals surface area contributed by atoms with Gasteiger partial charge >= 0.3 is 0 Å². The molecule has 0 N–H and O–H groups in total. The smallest absolute Gasteiger partial charge is 0.0967 e. The molecule has 2 heteroatoms. The van der Waals surface area contributed by atoms with Gasteiger partial charge in [0.2, 0.25) is 0 Å². The van der Waals surface area contributed by atoms with Gasteiger partial charge in [0.15, 0.2) is 0 Å². The number of benzene rings is 1. The van der Waals surface area contributed by atoms with Crippen LogP contribution < -0.4 is 0 Å². The maximum absolute atomic E-state index is 5.49. The zero-order valence-corrected chi connectivity index (χ0v) is 10.2. The monoisotopic (exact) mass is 219 g/mol. The van der Waals surface area contributed by atoms with E-state index in [4.69, 9.17) is 4.74 Å². The molecule has 0 aliphatic carbocycles. The molecule has 0 bridgehead atoms. The van der Waals surface area contributed by atoms with Gasteiger partial charge in [0, 0.05) is 6.04 Å². The predicted molar refractivity (Wildman–Crippen MR) is 66.6 cm³/mol. The van der Waals surface area contributed by atoms with Crippen molar-refractivity contribution in [2.75, 3.05) is 19.7 Å². The van der Waals surface area contributed by atoms with E-state index < -0.39 is 0 Å². The molecule has 0 spiro atoms. The summed E-state index contributed by atoms with van der Waals surface area (Å²) >= 11 is 0. The molecule has 1 aromatic rings. The summed E-state index contributed by atoms with van der Waals surface area (Å²) in [6.07, 6.45) is 1.56. The number of ether oxygens (including phenoxy) is 1. The van der Waals surface area contributed by atoms with Gasteiger partial charge in [-0.1, -0.05) is 44.2 Å². The highest BCUT2D eigenvalue weighted by Crippen LogP contribution is 2.22. The lowest BCUT2D eigenvalue weighted by atomic mass is 10.0. The minimum atomic E-state index is 0.458. The Balaban J connectivity index is 2.02. The number of hydrogen-bond donors (Lipinski definition) is 0. The van der Waals surface area contributed by atoms with Crippen LogP contribution in [-0.4, -0.2) is 36.7 Å². The largest absolute Gasteiger partial charge is 0.371 e. The first-order valence-electron chi connectivity index (χ1n) is 6.24. The quantitative estimate of drug-likeness (QED) is 0.683. The highest BCUT2D eigenvalue weighted by molar-refractivity contribution is 5.16. The van der Waals surface area contributed by atoms with Crippen molar-refractivity contribution in [2.45, 2.75) is 32.4 Å². The van der Waals surface area contributed by atoms with Gasteiger partial charge in [-0.3, -0.25) is 4.90 Å². The summed E-state index contributed by atoms with van der Waals surface area (Å²) in [7, 11) is 0. The molecule has 2 rings (SSSR count). The molecule has 0 radical (unpaired) electrons. The second-order valence-corrected chi connectivity index (χ2v) is 4.35. The van der Waals surface area contributed by atoms with Gasteiger partial charge in [-0.05, 0) is 25.1 Å². The average Bonchev–Trinajstić information content (AvgIpc) is 3.14. The van der Waals surface area contributed by atoms with Gasteiger partial charge in [0.25, 0.3) is 0 Å². The fourth-order valence-corrected chi connectivity index (χ4v) is 2.32.